The van der Waals surface area contributed by atoms with Crippen molar-refractivity contribution in [3.8, 4) is 0 Å². The summed E-state index contributed by atoms with van der Waals surface area (Å²) in [6, 6.07) is 0. The first-order valence-electron chi connectivity index (χ1n) is 4.72. The summed E-state index contributed by atoms with van der Waals surface area (Å²) in [5.74, 6) is -1.08. The number of aliphatic hydroxyl groups excluding tert-OH is 2. The Morgan fingerprint density at radius 2 is 2.07 bits per heavy atom. The van der Waals surface area contributed by atoms with Crippen molar-refractivity contribution in [1.29, 1.82) is 0 Å². The summed E-state index contributed by atoms with van der Waals surface area (Å²) < 4.78 is 5.00. The third-order valence-electron chi connectivity index (χ3n) is 1.79. The zero-order valence-electron chi connectivity index (χ0n) is 8.28. The zero-order chi connectivity index (χ0) is 11.0. The van der Waals surface area contributed by atoms with E-state index >= 15 is 0 Å². The molecule has 0 aliphatic heterocycles. The number of carbonyl (C=O) groups is 1. The standard InChI is InChI=1S/C9H17BrO4/c1-2-3-8(10)14-9(13)7(6-12)4-5-11/h7-8,11-12H,2-6H2,1H3. The van der Waals surface area contributed by atoms with Crippen molar-refractivity contribution >= 4 is 21.9 Å². The first kappa shape index (κ1) is 13.9. The summed E-state index contributed by atoms with van der Waals surface area (Å²) in [5, 5.41) is 17.2. The number of carbonyl (C=O) groups excluding carboxylic acids is 1. The summed E-state index contributed by atoms with van der Waals surface area (Å²) in [7, 11) is 0. The fraction of sp³-hybridized carbons (Fsp3) is 0.889. The average molecular weight is 269 g/mol. The Balaban J connectivity index is 3.90. The van der Waals surface area contributed by atoms with E-state index in [1.807, 2.05) is 6.92 Å². The van der Waals surface area contributed by atoms with E-state index in [2.05, 4.69) is 15.9 Å². The molecule has 0 fully saturated rings. The Kier molecular flexibility index (Phi) is 8.12. The maximum Gasteiger partial charge on any atom is 0.312 e. The Hall–Kier alpha value is -0.130. The number of rotatable bonds is 7. The minimum Gasteiger partial charge on any atom is -0.450 e. The lowest BCUT2D eigenvalue weighted by atomic mass is 10.1. The fourth-order valence-corrected chi connectivity index (χ4v) is 1.59. The van der Waals surface area contributed by atoms with Gasteiger partial charge in [0.1, 0.15) is 0 Å². The number of aliphatic hydroxyl groups is 2. The molecule has 0 saturated carbocycles. The van der Waals surface area contributed by atoms with Crippen molar-refractivity contribution in [3.05, 3.63) is 0 Å². The second kappa shape index (κ2) is 8.20. The van der Waals surface area contributed by atoms with Gasteiger partial charge in [0.05, 0.1) is 12.5 Å². The van der Waals surface area contributed by atoms with E-state index in [0.29, 0.717) is 0 Å². The predicted octanol–water partition coefficient (Wildman–Crippen LogP) is 1.04. The summed E-state index contributed by atoms with van der Waals surface area (Å²) in [6.45, 7) is 1.58. The molecule has 0 spiro atoms. The van der Waals surface area contributed by atoms with Gasteiger partial charge >= 0.3 is 5.97 Å². The van der Waals surface area contributed by atoms with E-state index in [-0.39, 0.29) is 24.6 Å². The molecule has 0 heterocycles. The second-order valence-electron chi connectivity index (χ2n) is 3.03. The van der Waals surface area contributed by atoms with Crippen LogP contribution in [0.15, 0.2) is 0 Å². The Morgan fingerprint density at radius 1 is 1.43 bits per heavy atom. The van der Waals surface area contributed by atoms with Gasteiger partial charge in [0.2, 0.25) is 0 Å². The quantitative estimate of drug-likeness (QED) is 0.535. The van der Waals surface area contributed by atoms with E-state index in [1.54, 1.807) is 0 Å². The molecule has 0 bridgehead atoms. The Labute approximate surface area is 92.4 Å². The van der Waals surface area contributed by atoms with Gasteiger partial charge in [0, 0.05) is 6.61 Å². The molecule has 0 radical (unpaired) electrons. The third kappa shape index (κ3) is 5.57. The number of ether oxygens (including phenoxy) is 1. The Morgan fingerprint density at radius 3 is 2.50 bits per heavy atom. The van der Waals surface area contributed by atoms with E-state index in [1.165, 1.54) is 0 Å². The molecule has 0 aromatic rings. The van der Waals surface area contributed by atoms with Crippen LogP contribution in [0.5, 0.6) is 0 Å². The number of hydrogen-bond acceptors (Lipinski definition) is 4. The molecule has 84 valence electrons. The highest BCUT2D eigenvalue weighted by Gasteiger charge is 2.20. The smallest absolute Gasteiger partial charge is 0.312 e. The van der Waals surface area contributed by atoms with Gasteiger partial charge in [-0.2, -0.15) is 0 Å². The van der Waals surface area contributed by atoms with Crippen LogP contribution >= 0.6 is 15.9 Å². The molecule has 0 aliphatic rings. The van der Waals surface area contributed by atoms with Crippen LogP contribution in [0.25, 0.3) is 0 Å². The van der Waals surface area contributed by atoms with Gasteiger partial charge in [0.15, 0.2) is 5.01 Å². The molecule has 0 aromatic carbocycles. The molecule has 0 aromatic heterocycles. The summed E-state index contributed by atoms with van der Waals surface area (Å²) in [6.07, 6.45) is 1.89. The number of hydrogen-bond donors (Lipinski definition) is 2. The summed E-state index contributed by atoms with van der Waals surface area (Å²) in [4.78, 5) is 11.3. The van der Waals surface area contributed by atoms with E-state index in [4.69, 9.17) is 14.9 Å². The fourth-order valence-electron chi connectivity index (χ4n) is 0.948. The van der Waals surface area contributed by atoms with Crippen molar-refractivity contribution in [1.82, 2.24) is 0 Å². The molecule has 4 nitrogen and oxygen atoms in total. The highest BCUT2D eigenvalue weighted by atomic mass is 79.9. The molecule has 14 heavy (non-hydrogen) atoms. The predicted molar refractivity (Wildman–Crippen MR) is 56.0 cm³/mol. The van der Waals surface area contributed by atoms with Gasteiger partial charge < -0.3 is 14.9 Å². The SMILES string of the molecule is CCCC(Br)OC(=O)C(CO)CCO. The van der Waals surface area contributed by atoms with Gasteiger partial charge in [-0.05, 0) is 28.8 Å². The molecule has 5 heteroatoms. The van der Waals surface area contributed by atoms with Crippen LogP contribution in [-0.2, 0) is 9.53 Å². The lowest BCUT2D eigenvalue weighted by Gasteiger charge is -2.15. The van der Waals surface area contributed by atoms with Crippen LogP contribution in [0.1, 0.15) is 26.2 Å². The van der Waals surface area contributed by atoms with Crippen LogP contribution in [0, 0.1) is 5.92 Å². The number of halogens is 1. The number of alkyl halides is 1. The first-order chi connectivity index (χ1) is 6.65. The van der Waals surface area contributed by atoms with Gasteiger partial charge in [-0.15, -0.1) is 0 Å². The molecule has 0 amide bonds. The molecule has 0 rings (SSSR count). The van der Waals surface area contributed by atoms with Crippen molar-refractivity contribution in [2.24, 2.45) is 5.92 Å². The second-order valence-corrected chi connectivity index (χ2v) is 4.05. The van der Waals surface area contributed by atoms with Crippen molar-refractivity contribution in [2.75, 3.05) is 13.2 Å². The van der Waals surface area contributed by atoms with Gasteiger partial charge in [0.25, 0.3) is 0 Å². The Bertz CT molecular complexity index is 163. The summed E-state index contributed by atoms with van der Waals surface area (Å²) >= 11 is 3.20. The van der Waals surface area contributed by atoms with Gasteiger partial charge in [-0.3, -0.25) is 4.79 Å². The lowest BCUT2D eigenvalue weighted by Crippen LogP contribution is -2.25. The monoisotopic (exact) mass is 268 g/mol. The largest absolute Gasteiger partial charge is 0.450 e. The normalized spacial score (nSPS) is 14.9. The van der Waals surface area contributed by atoms with Crippen molar-refractivity contribution in [3.63, 3.8) is 0 Å². The van der Waals surface area contributed by atoms with Crippen LogP contribution in [0.4, 0.5) is 0 Å². The van der Waals surface area contributed by atoms with E-state index in [0.717, 1.165) is 12.8 Å². The molecular formula is C9H17BrO4. The maximum absolute atomic E-state index is 11.3. The molecular weight excluding hydrogens is 252 g/mol. The van der Waals surface area contributed by atoms with Gasteiger partial charge in [-0.25, -0.2) is 0 Å². The summed E-state index contributed by atoms with van der Waals surface area (Å²) in [5.41, 5.74) is 0. The van der Waals surface area contributed by atoms with Crippen LogP contribution in [-0.4, -0.2) is 34.4 Å². The van der Waals surface area contributed by atoms with E-state index < -0.39 is 11.9 Å². The molecule has 0 aliphatic carbocycles. The van der Waals surface area contributed by atoms with Crippen molar-refractivity contribution < 1.29 is 19.7 Å². The first-order valence-corrected chi connectivity index (χ1v) is 5.63. The average Bonchev–Trinajstić information content (AvgIpc) is 2.14. The minimum absolute atomic E-state index is 0.124. The highest BCUT2D eigenvalue weighted by molar-refractivity contribution is 9.09. The third-order valence-corrected chi connectivity index (χ3v) is 2.44. The minimum atomic E-state index is -0.614. The topological polar surface area (TPSA) is 66.8 Å². The van der Waals surface area contributed by atoms with E-state index in [9.17, 15) is 4.79 Å². The number of esters is 1. The van der Waals surface area contributed by atoms with Crippen LogP contribution in [0.3, 0.4) is 0 Å². The van der Waals surface area contributed by atoms with Crippen molar-refractivity contribution in [2.45, 2.75) is 31.2 Å². The lowest BCUT2D eigenvalue weighted by molar-refractivity contribution is -0.152. The maximum atomic E-state index is 11.3. The highest BCUT2D eigenvalue weighted by Crippen LogP contribution is 2.13. The van der Waals surface area contributed by atoms with Gasteiger partial charge in [-0.1, -0.05) is 13.3 Å². The molecule has 2 unspecified atom stereocenters. The zero-order valence-corrected chi connectivity index (χ0v) is 9.87. The van der Waals surface area contributed by atoms with Crippen LogP contribution < -0.4 is 0 Å². The van der Waals surface area contributed by atoms with Crippen LogP contribution in [0.2, 0.25) is 0 Å². The molecule has 2 N–H and O–H groups in total. The molecule has 2 atom stereocenters. The molecule has 0 saturated heterocycles.